The van der Waals surface area contributed by atoms with Crippen molar-refractivity contribution in [1.82, 2.24) is 9.05 Å². The van der Waals surface area contributed by atoms with E-state index >= 15 is 0 Å². The Hall–Kier alpha value is -2.00. The first-order valence-corrected chi connectivity index (χ1v) is 14.6. The van der Waals surface area contributed by atoms with Gasteiger partial charge < -0.3 is 4.57 Å². The Bertz CT molecular complexity index is 1370. The smallest absolute Gasteiger partial charge is 0.320 e. The molecule has 9 heteroatoms. The molecule has 1 fully saturated rings. The van der Waals surface area contributed by atoms with Crippen molar-refractivity contribution in [3.63, 3.8) is 0 Å². The third-order valence-corrected chi connectivity index (χ3v) is 9.68. The summed E-state index contributed by atoms with van der Waals surface area (Å²) in [4.78, 5) is 19.4. The second-order valence-electron chi connectivity index (χ2n) is 8.94. The number of hydrogen-bond acceptors (Lipinski definition) is 5. The fourth-order valence-corrected chi connectivity index (χ4v) is 7.20. The number of carbonyl (C=O) groups is 1. The van der Waals surface area contributed by atoms with Crippen molar-refractivity contribution < 1.29 is 13.2 Å². The van der Waals surface area contributed by atoms with E-state index in [1.165, 1.54) is 0 Å². The molecule has 1 aliphatic rings. The Morgan fingerprint density at radius 1 is 1.12 bits per heavy atom. The molecule has 34 heavy (non-hydrogen) atoms. The number of nitrogens with zero attached hydrogens (tertiary/aromatic N) is 3. The third kappa shape index (κ3) is 5.15. The van der Waals surface area contributed by atoms with E-state index in [0.29, 0.717) is 18.1 Å². The number of rotatable bonds is 7. The van der Waals surface area contributed by atoms with Gasteiger partial charge in [-0.1, -0.05) is 30.7 Å². The van der Waals surface area contributed by atoms with E-state index in [1.807, 2.05) is 29.9 Å². The van der Waals surface area contributed by atoms with Gasteiger partial charge in [0, 0.05) is 18.6 Å². The van der Waals surface area contributed by atoms with Gasteiger partial charge in [0.15, 0.2) is 14.6 Å². The van der Waals surface area contributed by atoms with Crippen LogP contribution in [0.15, 0.2) is 52.5 Å². The molecule has 0 atom stereocenters. The van der Waals surface area contributed by atoms with E-state index in [9.17, 15) is 13.2 Å². The number of amides is 1. The number of aromatic nitrogens is 1. The molecular formula is C25H31ClN3O3S2+. The second kappa shape index (κ2) is 10.3. The molecule has 1 aliphatic heterocycles. The minimum Gasteiger partial charge on any atom is -0.321 e. The zero-order chi connectivity index (χ0) is 24.3. The van der Waals surface area contributed by atoms with Crippen LogP contribution in [0.4, 0.5) is 5.00 Å². The lowest BCUT2D eigenvalue weighted by Gasteiger charge is -2.36. The average Bonchev–Trinajstić information content (AvgIpc) is 3.22. The molecule has 1 amide bonds. The Morgan fingerprint density at radius 2 is 1.82 bits per heavy atom. The molecule has 0 unspecified atom stereocenters. The van der Waals surface area contributed by atoms with Crippen molar-refractivity contribution in [3.05, 3.63) is 52.4 Å². The van der Waals surface area contributed by atoms with Crippen LogP contribution in [0.25, 0.3) is 10.8 Å². The van der Waals surface area contributed by atoms with Crippen molar-refractivity contribution in [2.45, 2.75) is 43.9 Å². The van der Waals surface area contributed by atoms with Crippen LogP contribution >= 0.6 is 22.9 Å². The van der Waals surface area contributed by atoms with Gasteiger partial charge in [0.05, 0.1) is 36.4 Å². The molecule has 0 radical (unpaired) electrons. The number of quaternary nitrogens is 1. The second-order valence-corrected chi connectivity index (χ2v) is 12.5. The first-order chi connectivity index (χ1) is 16.2. The summed E-state index contributed by atoms with van der Waals surface area (Å²) in [6.07, 6.45) is 5.96. The van der Waals surface area contributed by atoms with Gasteiger partial charge in [-0.25, -0.2) is 17.7 Å². The molecule has 2 aromatic carbocycles. The topological polar surface area (TPSA) is 68.5 Å². The summed E-state index contributed by atoms with van der Waals surface area (Å²) in [6, 6.07) is 10.4. The number of likely N-dealkylation sites (tertiary alicyclic amines) is 1. The van der Waals surface area contributed by atoms with Gasteiger partial charge in [-0.2, -0.15) is 0 Å². The highest BCUT2D eigenvalue weighted by molar-refractivity contribution is 7.91. The van der Waals surface area contributed by atoms with Gasteiger partial charge in [-0.15, -0.1) is 0 Å². The fraction of sp³-hybridized carbons (Fsp3) is 0.440. The standard InChI is InChI=1S/C25H31ClN3O3S2/c1-3-12-27-25-28(2)18-24(33-25)29(13-5-4-6-14-29)23(30)11-15-34(31,32)22-10-8-19-16-21(26)9-7-20(19)17-22/h7-10,16-18H,3-6,11-15H2,1-2H3/q+1/b27-25-. The van der Waals surface area contributed by atoms with Crippen LogP contribution in [0.3, 0.4) is 0 Å². The lowest BCUT2D eigenvalue weighted by molar-refractivity contribution is -0.130. The molecule has 0 N–H and O–H groups in total. The number of carbonyl (C=O) groups excluding carboxylic acids is 1. The SMILES string of the molecule is CCC/N=c1\sc([N+]2(C(=O)CCS(=O)(=O)c3ccc4cc(Cl)ccc4c3)CCCCC2)cn1C. The number of fused-ring (bicyclic) bond motifs is 1. The molecule has 1 saturated heterocycles. The Labute approximate surface area is 210 Å². The van der Waals surface area contributed by atoms with E-state index in [2.05, 4.69) is 11.9 Å². The molecular weight excluding hydrogens is 490 g/mol. The number of hydrogen-bond donors (Lipinski definition) is 0. The van der Waals surface area contributed by atoms with E-state index in [4.69, 9.17) is 11.6 Å². The average molecular weight is 521 g/mol. The number of thiazole rings is 1. The Balaban J connectivity index is 1.58. The Morgan fingerprint density at radius 3 is 2.56 bits per heavy atom. The molecule has 1 aromatic heterocycles. The van der Waals surface area contributed by atoms with Crippen molar-refractivity contribution >= 4 is 54.5 Å². The summed E-state index contributed by atoms with van der Waals surface area (Å²) >= 11 is 7.60. The van der Waals surface area contributed by atoms with Crippen LogP contribution in [0, 0.1) is 0 Å². The minimum absolute atomic E-state index is 0.00988. The summed E-state index contributed by atoms with van der Waals surface area (Å²) in [5, 5.41) is 3.26. The number of benzene rings is 2. The summed E-state index contributed by atoms with van der Waals surface area (Å²) < 4.78 is 28.5. The van der Waals surface area contributed by atoms with Crippen molar-refractivity contribution in [3.8, 4) is 0 Å². The Kier molecular flexibility index (Phi) is 7.62. The minimum atomic E-state index is -3.60. The van der Waals surface area contributed by atoms with Crippen LogP contribution in [0.2, 0.25) is 5.02 Å². The molecule has 6 nitrogen and oxygen atoms in total. The number of halogens is 1. The molecule has 0 aliphatic carbocycles. The lowest BCUT2D eigenvalue weighted by atomic mass is 10.1. The van der Waals surface area contributed by atoms with Crippen LogP contribution in [-0.4, -0.2) is 44.3 Å². The first kappa shape index (κ1) is 25.1. The highest BCUT2D eigenvalue weighted by Crippen LogP contribution is 2.33. The van der Waals surface area contributed by atoms with Crippen LogP contribution in [-0.2, 0) is 21.7 Å². The molecule has 182 valence electrons. The quantitative estimate of drug-likeness (QED) is 0.408. The van der Waals surface area contributed by atoms with Gasteiger partial charge in [0.25, 0.3) is 0 Å². The van der Waals surface area contributed by atoms with Crippen molar-refractivity contribution in [1.29, 1.82) is 0 Å². The lowest BCUT2D eigenvalue weighted by Crippen LogP contribution is -2.57. The zero-order valence-corrected chi connectivity index (χ0v) is 22.1. The zero-order valence-electron chi connectivity index (χ0n) is 19.7. The van der Waals surface area contributed by atoms with E-state index in [-0.39, 0.29) is 27.5 Å². The van der Waals surface area contributed by atoms with E-state index < -0.39 is 9.84 Å². The number of piperidine rings is 1. The van der Waals surface area contributed by atoms with Crippen molar-refractivity contribution in [2.24, 2.45) is 12.0 Å². The van der Waals surface area contributed by atoms with Gasteiger partial charge in [-0.05, 0) is 72.1 Å². The van der Waals surface area contributed by atoms with Gasteiger partial charge in [0.1, 0.15) is 0 Å². The highest BCUT2D eigenvalue weighted by Gasteiger charge is 2.42. The molecule has 3 aromatic rings. The van der Waals surface area contributed by atoms with Crippen LogP contribution in [0.5, 0.6) is 0 Å². The van der Waals surface area contributed by atoms with E-state index in [0.717, 1.165) is 52.8 Å². The molecule has 0 saturated carbocycles. The number of aryl methyl sites for hydroxylation is 1. The maximum atomic E-state index is 13.6. The van der Waals surface area contributed by atoms with Gasteiger partial charge >= 0.3 is 5.91 Å². The predicted molar refractivity (Wildman–Crippen MR) is 140 cm³/mol. The third-order valence-electron chi connectivity index (χ3n) is 6.47. The molecule has 4 rings (SSSR count). The number of sulfone groups is 1. The fourth-order valence-electron chi connectivity index (χ4n) is 4.55. The summed E-state index contributed by atoms with van der Waals surface area (Å²) in [7, 11) is -1.65. The first-order valence-electron chi connectivity index (χ1n) is 11.8. The van der Waals surface area contributed by atoms with E-state index in [1.54, 1.807) is 35.6 Å². The largest absolute Gasteiger partial charge is 0.321 e. The normalized spacial score (nSPS) is 16.7. The van der Waals surface area contributed by atoms with Crippen LogP contribution in [0.1, 0.15) is 39.0 Å². The molecule has 0 bridgehead atoms. The predicted octanol–water partition coefficient (Wildman–Crippen LogP) is 5.09. The maximum absolute atomic E-state index is 13.6. The monoisotopic (exact) mass is 520 g/mol. The summed E-state index contributed by atoms with van der Waals surface area (Å²) in [5.41, 5.74) is 0. The highest BCUT2D eigenvalue weighted by atomic mass is 35.5. The molecule has 2 heterocycles. The molecule has 0 spiro atoms. The van der Waals surface area contributed by atoms with Gasteiger partial charge in [0.2, 0.25) is 5.00 Å². The summed E-state index contributed by atoms with van der Waals surface area (Å²) in [6.45, 7) is 4.26. The van der Waals surface area contributed by atoms with Crippen LogP contribution < -0.4 is 9.28 Å². The maximum Gasteiger partial charge on any atom is 0.320 e. The van der Waals surface area contributed by atoms with Crippen molar-refractivity contribution in [2.75, 3.05) is 25.4 Å². The summed E-state index contributed by atoms with van der Waals surface area (Å²) in [5.74, 6) is -0.227. The van der Waals surface area contributed by atoms with Gasteiger partial charge in [-0.3, -0.25) is 4.99 Å².